The zero-order valence-electron chi connectivity index (χ0n) is 15.1. The van der Waals surface area contributed by atoms with Gasteiger partial charge in [0, 0.05) is 38.4 Å². The molecule has 1 saturated heterocycles. The first kappa shape index (κ1) is 15.3. The molecule has 0 N–H and O–H groups in total. The van der Waals surface area contributed by atoms with Gasteiger partial charge in [-0.1, -0.05) is 18.2 Å². The smallest absolute Gasteiger partial charge is 0.0402 e. The number of para-hydroxylation sites is 1. The van der Waals surface area contributed by atoms with Crippen molar-refractivity contribution in [2.24, 2.45) is 11.3 Å². The molecule has 0 atom stereocenters. The molecule has 1 heterocycles. The SMILES string of the molecule is c1ccc(N2CCN(CC3CC3)CC2)c(C2CCC3(CC2)CC3)c1. The summed E-state index contributed by atoms with van der Waals surface area (Å²) in [5.74, 6) is 1.85. The fourth-order valence-electron chi connectivity index (χ4n) is 5.18. The number of nitrogens with zero attached hydrogens (tertiary/aromatic N) is 2. The monoisotopic (exact) mass is 324 g/mol. The molecule has 2 heteroatoms. The van der Waals surface area contributed by atoms with Gasteiger partial charge in [-0.2, -0.15) is 0 Å². The van der Waals surface area contributed by atoms with Crippen LogP contribution in [0, 0.1) is 11.3 Å². The van der Waals surface area contributed by atoms with Crippen LogP contribution in [-0.2, 0) is 0 Å². The fraction of sp³-hybridized carbons (Fsp3) is 0.727. The van der Waals surface area contributed by atoms with Crippen molar-refractivity contribution in [1.29, 1.82) is 0 Å². The maximum atomic E-state index is 2.70. The Labute approximate surface area is 147 Å². The maximum Gasteiger partial charge on any atom is 0.0402 e. The fourth-order valence-corrected chi connectivity index (χ4v) is 5.18. The van der Waals surface area contributed by atoms with Gasteiger partial charge in [-0.25, -0.2) is 0 Å². The summed E-state index contributed by atoms with van der Waals surface area (Å²) in [6, 6.07) is 9.35. The van der Waals surface area contributed by atoms with Gasteiger partial charge in [-0.3, -0.25) is 4.90 Å². The van der Waals surface area contributed by atoms with Crippen molar-refractivity contribution in [3.63, 3.8) is 0 Å². The van der Waals surface area contributed by atoms with Crippen molar-refractivity contribution < 1.29 is 0 Å². The summed E-state index contributed by atoms with van der Waals surface area (Å²) in [6.07, 6.45) is 11.8. The Kier molecular flexibility index (Phi) is 3.85. The van der Waals surface area contributed by atoms with E-state index in [2.05, 4.69) is 34.1 Å². The van der Waals surface area contributed by atoms with Crippen LogP contribution in [0.2, 0.25) is 0 Å². The maximum absolute atomic E-state index is 2.70. The van der Waals surface area contributed by atoms with Gasteiger partial charge >= 0.3 is 0 Å². The molecule has 3 saturated carbocycles. The molecule has 24 heavy (non-hydrogen) atoms. The van der Waals surface area contributed by atoms with Crippen LogP contribution in [0.15, 0.2) is 24.3 Å². The largest absolute Gasteiger partial charge is 0.369 e. The third kappa shape index (κ3) is 3.10. The minimum Gasteiger partial charge on any atom is -0.369 e. The van der Waals surface area contributed by atoms with Gasteiger partial charge in [0.1, 0.15) is 0 Å². The van der Waals surface area contributed by atoms with Crippen LogP contribution in [0.1, 0.15) is 62.8 Å². The number of benzene rings is 1. The van der Waals surface area contributed by atoms with E-state index in [1.807, 2.05) is 0 Å². The van der Waals surface area contributed by atoms with Crippen molar-refractivity contribution in [1.82, 2.24) is 4.90 Å². The summed E-state index contributed by atoms with van der Waals surface area (Å²) in [5, 5.41) is 0. The van der Waals surface area contributed by atoms with Crippen LogP contribution in [0.4, 0.5) is 5.69 Å². The van der Waals surface area contributed by atoms with Gasteiger partial charge in [0.2, 0.25) is 0 Å². The van der Waals surface area contributed by atoms with E-state index in [4.69, 9.17) is 0 Å². The Bertz CT molecular complexity index is 569. The summed E-state index contributed by atoms with van der Waals surface area (Å²) < 4.78 is 0. The van der Waals surface area contributed by atoms with Gasteiger partial charge in [0.05, 0.1) is 0 Å². The highest BCUT2D eigenvalue weighted by Crippen LogP contribution is 2.59. The Morgan fingerprint density at radius 3 is 2.21 bits per heavy atom. The van der Waals surface area contributed by atoms with Crippen LogP contribution in [0.5, 0.6) is 0 Å². The lowest BCUT2D eigenvalue weighted by molar-refractivity contribution is 0.247. The molecule has 2 nitrogen and oxygen atoms in total. The molecule has 4 aliphatic rings. The molecule has 0 amide bonds. The third-order valence-corrected chi connectivity index (χ3v) is 7.31. The lowest BCUT2D eigenvalue weighted by Crippen LogP contribution is -2.47. The highest BCUT2D eigenvalue weighted by atomic mass is 15.3. The van der Waals surface area contributed by atoms with E-state index < -0.39 is 0 Å². The molecule has 0 bridgehead atoms. The normalized spacial score (nSPS) is 27.6. The summed E-state index contributed by atoms with van der Waals surface area (Å²) in [4.78, 5) is 5.38. The number of hydrogen-bond acceptors (Lipinski definition) is 2. The number of hydrogen-bond donors (Lipinski definition) is 0. The van der Waals surface area contributed by atoms with E-state index in [-0.39, 0.29) is 0 Å². The third-order valence-electron chi connectivity index (χ3n) is 7.31. The molecule has 0 unspecified atom stereocenters. The van der Waals surface area contributed by atoms with Gasteiger partial charge in [0.25, 0.3) is 0 Å². The molecule has 0 aromatic heterocycles. The second-order valence-corrected chi connectivity index (χ2v) is 9.06. The minimum absolute atomic E-state index is 0.805. The second kappa shape index (κ2) is 6.05. The van der Waals surface area contributed by atoms with Crippen LogP contribution in [0.25, 0.3) is 0 Å². The quantitative estimate of drug-likeness (QED) is 0.795. The second-order valence-electron chi connectivity index (χ2n) is 9.06. The first-order valence-electron chi connectivity index (χ1n) is 10.4. The lowest BCUT2D eigenvalue weighted by atomic mass is 9.76. The van der Waals surface area contributed by atoms with Gasteiger partial charge in [0.15, 0.2) is 0 Å². The predicted octanol–water partition coefficient (Wildman–Crippen LogP) is 4.66. The molecule has 5 rings (SSSR count). The molecular formula is C22H32N2. The molecule has 1 aromatic carbocycles. The van der Waals surface area contributed by atoms with Gasteiger partial charge in [-0.05, 0) is 80.2 Å². The number of rotatable bonds is 4. The highest BCUT2D eigenvalue weighted by Gasteiger charge is 2.45. The summed E-state index contributed by atoms with van der Waals surface area (Å²) in [6.45, 7) is 6.33. The Balaban J connectivity index is 1.26. The van der Waals surface area contributed by atoms with Crippen molar-refractivity contribution in [3.05, 3.63) is 29.8 Å². The average molecular weight is 325 g/mol. The molecular weight excluding hydrogens is 292 g/mol. The average Bonchev–Trinajstić information content (AvgIpc) is 3.56. The number of anilines is 1. The van der Waals surface area contributed by atoms with E-state index in [0.717, 1.165) is 17.3 Å². The van der Waals surface area contributed by atoms with E-state index in [1.54, 1.807) is 11.3 Å². The molecule has 130 valence electrons. The Morgan fingerprint density at radius 2 is 1.54 bits per heavy atom. The van der Waals surface area contributed by atoms with Crippen LogP contribution < -0.4 is 4.90 Å². The Morgan fingerprint density at radius 1 is 0.833 bits per heavy atom. The zero-order valence-corrected chi connectivity index (χ0v) is 15.1. The van der Waals surface area contributed by atoms with Crippen LogP contribution in [-0.4, -0.2) is 37.6 Å². The topological polar surface area (TPSA) is 6.48 Å². The molecule has 0 radical (unpaired) electrons. The standard InChI is InChI=1S/C22H32N2/c1-2-4-21(24-15-13-23(14-16-24)17-18-5-6-18)20(3-1)19-7-9-22(10-8-19)11-12-22/h1-4,18-19H,5-17H2. The van der Waals surface area contributed by atoms with Gasteiger partial charge < -0.3 is 4.90 Å². The zero-order chi connectivity index (χ0) is 16.0. The van der Waals surface area contributed by atoms with Crippen molar-refractivity contribution in [2.75, 3.05) is 37.6 Å². The highest BCUT2D eigenvalue weighted by molar-refractivity contribution is 5.55. The van der Waals surface area contributed by atoms with E-state index in [1.165, 1.54) is 84.1 Å². The summed E-state index contributed by atoms with van der Waals surface area (Å²) in [7, 11) is 0. The summed E-state index contributed by atoms with van der Waals surface area (Å²) >= 11 is 0. The lowest BCUT2D eigenvalue weighted by Gasteiger charge is -2.38. The van der Waals surface area contributed by atoms with Crippen molar-refractivity contribution in [3.8, 4) is 0 Å². The molecule has 1 spiro atoms. The van der Waals surface area contributed by atoms with Crippen molar-refractivity contribution in [2.45, 2.75) is 57.3 Å². The molecule has 4 fully saturated rings. The molecule has 3 aliphatic carbocycles. The van der Waals surface area contributed by atoms with E-state index >= 15 is 0 Å². The predicted molar refractivity (Wildman–Crippen MR) is 101 cm³/mol. The van der Waals surface area contributed by atoms with Crippen LogP contribution >= 0.6 is 0 Å². The summed E-state index contributed by atoms with van der Waals surface area (Å²) in [5.41, 5.74) is 4.02. The van der Waals surface area contributed by atoms with E-state index in [0.29, 0.717) is 0 Å². The number of piperazine rings is 1. The van der Waals surface area contributed by atoms with Crippen molar-refractivity contribution >= 4 is 5.69 Å². The first-order valence-corrected chi connectivity index (χ1v) is 10.4. The van der Waals surface area contributed by atoms with Crippen LogP contribution in [0.3, 0.4) is 0 Å². The Hall–Kier alpha value is -1.02. The first-order chi connectivity index (χ1) is 11.8. The molecule has 1 aliphatic heterocycles. The van der Waals surface area contributed by atoms with E-state index in [9.17, 15) is 0 Å². The molecule has 1 aromatic rings. The van der Waals surface area contributed by atoms with Gasteiger partial charge in [-0.15, -0.1) is 0 Å². The minimum atomic E-state index is 0.805.